The number of para-hydroxylation sites is 2. The van der Waals surface area contributed by atoms with Gasteiger partial charge >= 0.3 is 0 Å². The number of aryl methyl sites for hydroxylation is 1. The molecule has 3 aromatic carbocycles. The highest BCUT2D eigenvalue weighted by atomic mass is 32.1. The predicted octanol–water partition coefficient (Wildman–Crippen LogP) is 4.67. The maximum atomic E-state index is 13.3. The first-order valence-electron chi connectivity index (χ1n) is 10.1. The van der Waals surface area contributed by atoms with Crippen LogP contribution in [-0.2, 0) is 11.3 Å². The van der Waals surface area contributed by atoms with Crippen molar-refractivity contribution < 1.29 is 9.59 Å². The first-order valence-corrected chi connectivity index (χ1v) is 10.5. The van der Waals surface area contributed by atoms with Crippen molar-refractivity contribution in [1.82, 2.24) is 9.13 Å². The smallest absolute Gasteiger partial charge is 0.266 e. The minimum absolute atomic E-state index is 0.113. The number of amides is 1. The zero-order valence-electron chi connectivity index (χ0n) is 17.7. The van der Waals surface area contributed by atoms with Gasteiger partial charge in [-0.25, -0.2) is 0 Å². The van der Waals surface area contributed by atoms with Gasteiger partial charge in [-0.1, -0.05) is 42.0 Å². The summed E-state index contributed by atoms with van der Waals surface area (Å²) < 4.78 is 3.30. The van der Waals surface area contributed by atoms with E-state index in [0.29, 0.717) is 27.8 Å². The zero-order valence-corrected chi connectivity index (χ0v) is 18.5. The van der Waals surface area contributed by atoms with Gasteiger partial charge < -0.3 is 9.88 Å². The van der Waals surface area contributed by atoms with E-state index in [9.17, 15) is 14.4 Å². The Hall–Kier alpha value is -3.84. The van der Waals surface area contributed by atoms with Crippen molar-refractivity contribution in [1.29, 1.82) is 0 Å². The Morgan fingerprint density at radius 3 is 2.38 bits per heavy atom. The predicted molar refractivity (Wildman–Crippen MR) is 128 cm³/mol. The Balaban J connectivity index is 1.84. The second kappa shape index (κ2) is 8.72. The molecule has 0 saturated carbocycles. The summed E-state index contributed by atoms with van der Waals surface area (Å²) in [6.07, 6.45) is 0. The van der Waals surface area contributed by atoms with Crippen LogP contribution < -0.4 is 10.9 Å². The minimum atomic E-state index is -0.352. The van der Waals surface area contributed by atoms with Crippen molar-refractivity contribution >= 4 is 40.5 Å². The van der Waals surface area contributed by atoms with Crippen LogP contribution in [0.15, 0.2) is 77.6 Å². The van der Waals surface area contributed by atoms with E-state index in [-0.39, 0.29) is 28.6 Å². The molecular weight excluding hydrogens is 422 g/mol. The maximum Gasteiger partial charge on any atom is 0.266 e. The van der Waals surface area contributed by atoms with Crippen molar-refractivity contribution in [3.8, 4) is 5.69 Å². The van der Waals surface area contributed by atoms with Crippen molar-refractivity contribution in [2.24, 2.45) is 0 Å². The monoisotopic (exact) mass is 443 g/mol. The molecule has 1 amide bonds. The molecule has 1 aromatic heterocycles. The highest BCUT2D eigenvalue weighted by molar-refractivity contribution is 7.71. The number of nitrogens with one attached hydrogen (secondary N) is 1. The minimum Gasteiger partial charge on any atom is -0.324 e. The van der Waals surface area contributed by atoms with Crippen molar-refractivity contribution in [3.05, 3.63) is 99.0 Å². The molecule has 0 bridgehead atoms. The molecule has 160 valence electrons. The van der Waals surface area contributed by atoms with Gasteiger partial charge in [0.1, 0.15) is 6.54 Å². The summed E-state index contributed by atoms with van der Waals surface area (Å²) in [5.41, 5.74) is 2.76. The van der Waals surface area contributed by atoms with Crippen LogP contribution in [0.1, 0.15) is 22.8 Å². The van der Waals surface area contributed by atoms with E-state index in [1.54, 1.807) is 53.1 Å². The molecule has 0 saturated heterocycles. The lowest BCUT2D eigenvalue weighted by atomic mass is 10.1. The highest BCUT2D eigenvalue weighted by Crippen LogP contribution is 2.18. The van der Waals surface area contributed by atoms with Gasteiger partial charge in [-0.05, 0) is 62.5 Å². The number of ketones is 1. The quantitative estimate of drug-likeness (QED) is 0.359. The summed E-state index contributed by atoms with van der Waals surface area (Å²) in [5, 5.41) is 3.27. The van der Waals surface area contributed by atoms with E-state index in [1.807, 2.05) is 31.2 Å². The molecule has 0 aliphatic heterocycles. The SMILES string of the molecule is CC(=O)c1ccccc1NC(=O)Cn1c(=S)n(-c2ccccc2)c(=O)c2cc(C)ccc21. The van der Waals surface area contributed by atoms with Gasteiger partial charge in [0.15, 0.2) is 10.6 Å². The molecule has 7 heteroatoms. The van der Waals surface area contributed by atoms with Crippen LogP contribution in [-0.4, -0.2) is 20.8 Å². The molecule has 32 heavy (non-hydrogen) atoms. The molecule has 4 aromatic rings. The van der Waals surface area contributed by atoms with Gasteiger partial charge in [0.2, 0.25) is 5.91 Å². The van der Waals surface area contributed by atoms with Crippen LogP contribution in [0.2, 0.25) is 0 Å². The largest absolute Gasteiger partial charge is 0.324 e. The van der Waals surface area contributed by atoms with Gasteiger partial charge in [-0.15, -0.1) is 0 Å². The van der Waals surface area contributed by atoms with Crippen LogP contribution in [0.25, 0.3) is 16.6 Å². The standard InChI is InChI=1S/C25H21N3O3S/c1-16-12-13-22-20(14-16)24(31)28(18-8-4-3-5-9-18)25(32)27(22)15-23(30)26-21-11-7-6-10-19(21)17(2)29/h3-14H,15H2,1-2H3,(H,26,30). The molecule has 0 aliphatic carbocycles. The number of aromatic nitrogens is 2. The number of nitrogens with zero attached hydrogens (tertiary/aromatic N) is 2. The Labute approximate surface area is 189 Å². The second-order valence-corrected chi connectivity index (χ2v) is 7.88. The Kier molecular flexibility index (Phi) is 5.83. The van der Waals surface area contributed by atoms with Gasteiger partial charge in [0.25, 0.3) is 5.56 Å². The Morgan fingerprint density at radius 2 is 1.66 bits per heavy atom. The van der Waals surface area contributed by atoms with Crippen molar-refractivity contribution in [2.75, 3.05) is 5.32 Å². The molecule has 0 spiro atoms. The summed E-state index contributed by atoms with van der Waals surface area (Å²) in [7, 11) is 0. The molecule has 4 rings (SSSR count). The highest BCUT2D eigenvalue weighted by Gasteiger charge is 2.16. The number of rotatable bonds is 5. The van der Waals surface area contributed by atoms with Crippen molar-refractivity contribution in [2.45, 2.75) is 20.4 Å². The molecule has 0 radical (unpaired) electrons. The summed E-state index contributed by atoms with van der Waals surface area (Å²) in [6.45, 7) is 3.24. The normalized spacial score (nSPS) is 10.8. The number of hydrogen-bond acceptors (Lipinski definition) is 4. The van der Waals surface area contributed by atoms with E-state index >= 15 is 0 Å². The van der Waals surface area contributed by atoms with Crippen LogP contribution in [0.4, 0.5) is 5.69 Å². The van der Waals surface area contributed by atoms with Crippen LogP contribution in [0.3, 0.4) is 0 Å². The summed E-state index contributed by atoms with van der Waals surface area (Å²) >= 11 is 5.66. The Morgan fingerprint density at radius 1 is 0.969 bits per heavy atom. The number of benzene rings is 3. The Bertz CT molecular complexity index is 1470. The van der Waals surface area contributed by atoms with Gasteiger partial charge in [-0.3, -0.25) is 19.0 Å². The van der Waals surface area contributed by atoms with E-state index in [0.717, 1.165) is 5.56 Å². The molecule has 1 N–H and O–H groups in total. The summed E-state index contributed by atoms with van der Waals surface area (Å²) in [5.74, 6) is -0.494. The number of hydrogen-bond donors (Lipinski definition) is 1. The first-order chi connectivity index (χ1) is 15.4. The van der Waals surface area contributed by atoms with Crippen LogP contribution in [0, 0.1) is 11.7 Å². The molecule has 0 unspecified atom stereocenters. The third-order valence-corrected chi connectivity index (χ3v) is 5.60. The second-order valence-electron chi connectivity index (χ2n) is 7.52. The third-order valence-electron chi connectivity index (χ3n) is 5.20. The summed E-state index contributed by atoms with van der Waals surface area (Å²) in [6, 6.07) is 21.4. The molecule has 1 heterocycles. The zero-order chi connectivity index (χ0) is 22.8. The average molecular weight is 444 g/mol. The molecule has 0 atom stereocenters. The average Bonchev–Trinajstić information content (AvgIpc) is 2.78. The van der Waals surface area contributed by atoms with E-state index in [4.69, 9.17) is 12.2 Å². The van der Waals surface area contributed by atoms with Gasteiger partial charge in [0, 0.05) is 5.56 Å². The van der Waals surface area contributed by atoms with Gasteiger partial charge in [-0.2, -0.15) is 0 Å². The molecular formula is C25H21N3O3S. The number of carbonyl (C=O) groups excluding carboxylic acids is 2. The van der Waals surface area contributed by atoms with Gasteiger partial charge in [0.05, 0.1) is 22.3 Å². The van der Waals surface area contributed by atoms with E-state index < -0.39 is 0 Å². The van der Waals surface area contributed by atoms with Crippen LogP contribution >= 0.6 is 12.2 Å². The molecule has 0 aliphatic rings. The number of carbonyl (C=O) groups is 2. The maximum absolute atomic E-state index is 13.3. The number of fused-ring (bicyclic) bond motifs is 1. The fourth-order valence-electron chi connectivity index (χ4n) is 3.68. The topological polar surface area (TPSA) is 73.1 Å². The molecule has 0 fully saturated rings. The van der Waals surface area contributed by atoms with E-state index in [1.165, 1.54) is 11.5 Å². The van der Waals surface area contributed by atoms with E-state index in [2.05, 4.69) is 5.32 Å². The lowest BCUT2D eigenvalue weighted by Gasteiger charge is -2.17. The first kappa shape index (κ1) is 21.4. The van der Waals surface area contributed by atoms with Crippen molar-refractivity contribution in [3.63, 3.8) is 0 Å². The third kappa shape index (κ3) is 4.02. The van der Waals surface area contributed by atoms with Crippen LogP contribution in [0.5, 0.6) is 0 Å². The molecule has 6 nitrogen and oxygen atoms in total. The fraction of sp³-hybridized carbons (Fsp3) is 0.120. The lowest BCUT2D eigenvalue weighted by molar-refractivity contribution is -0.116. The number of Topliss-reactive ketones (excluding diaryl/α,β-unsaturated/α-hetero) is 1. The fourth-order valence-corrected chi connectivity index (χ4v) is 4.03. The number of anilines is 1. The lowest BCUT2D eigenvalue weighted by Crippen LogP contribution is -2.28. The summed E-state index contributed by atoms with van der Waals surface area (Å²) in [4.78, 5) is 38.2.